The van der Waals surface area contributed by atoms with Crippen LogP contribution in [0.1, 0.15) is 12.8 Å². The minimum Gasteiger partial charge on any atom is -0.210 e. The van der Waals surface area contributed by atoms with Gasteiger partial charge in [0.05, 0.1) is 12.1 Å². The van der Waals surface area contributed by atoms with Crippen LogP contribution in [0, 0.1) is 22.7 Å². The Bertz CT molecular complexity index is 265. The van der Waals surface area contributed by atoms with Gasteiger partial charge in [0.2, 0.25) is 12.9 Å². The second-order valence-corrected chi connectivity index (χ2v) is 2.37. The summed E-state index contributed by atoms with van der Waals surface area (Å²) in [6.45, 7) is 0. The van der Waals surface area contributed by atoms with Crippen LogP contribution in [0.25, 0.3) is 0 Å². The predicted octanol–water partition coefficient (Wildman–Crippen LogP) is 2.64. The minimum absolute atomic E-state index is 0.567. The number of hydrogen-bond donors (Lipinski definition) is 0. The van der Waals surface area contributed by atoms with Crippen LogP contribution in [0.15, 0.2) is 11.1 Å². The summed E-state index contributed by atoms with van der Waals surface area (Å²) in [5.74, 6) is 0. The molecule has 6 heteroatoms. The van der Waals surface area contributed by atoms with E-state index in [9.17, 15) is 17.6 Å². The van der Waals surface area contributed by atoms with Crippen molar-refractivity contribution in [2.24, 2.45) is 0 Å². The van der Waals surface area contributed by atoms with Crippen molar-refractivity contribution in [1.82, 2.24) is 0 Å². The molecule has 0 atom stereocenters. The van der Waals surface area contributed by atoms with Crippen LogP contribution in [0.2, 0.25) is 0 Å². The molecule has 0 unspecified atom stereocenters. The second-order valence-electron chi connectivity index (χ2n) is 2.37. The molecule has 0 radical (unpaired) electrons. The summed E-state index contributed by atoms with van der Waals surface area (Å²) in [6.07, 6.45) is -7.53. The topological polar surface area (TPSA) is 47.6 Å². The van der Waals surface area contributed by atoms with Crippen molar-refractivity contribution in [3.05, 3.63) is 11.1 Å². The van der Waals surface area contributed by atoms with Crippen LogP contribution < -0.4 is 0 Å². The molecule has 0 saturated carbocycles. The van der Waals surface area contributed by atoms with Crippen molar-refractivity contribution in [1.29, 1.82) is 10.5 Å². The van der Waals surface area contributed by atoms with E-state index in [2.05, 4.69) is 0 Å². The molecule has 0 aliphatic carbocycles. The fraction of sp³-hybridized carbons (Fsp3) is 0.500. The van der Waals surface area contributed by atoms with E-state index in [1.807, 2.05) is 0 Å². The summed E-state index contributed by atoms with van der Waals surface area (Å²) in [6, 6.07) is 2.67. The predicted molar refractivity (Wildman–Crippen MR) is 39.5 cm³/mol. The van der Waals surface area contributed by atoms with Gasteiger partial charge in [-0.3, -0.25) is 0 Å². The molecule has 0 aliphatic rings. The molecular formula is C8H6F4N2. The van der Waals surface area contributed by atoms with E-state index in [0.717, 1.165) is 0 Å². The zero-order valence-corrected chi connectivity index (χ0v) is 6.98. The van der Waals surface area contributed by atoms with Gasteiger partial charge < -0.3 is 0 Å². The van der Waals surface area contributed by atoms with Gasteiger partial charge in [0.15, 0.2) is 0 Å². The summed E-state index contributed by atoms with van der Waals surface area (Å²) in [5, 5.41) is 16.7. The molecule has 0 spiro atoms. The number of alkyl halides is 4. The average Bonchev–Trinajstić information content (AvgIpc) is 2.10. The van der Waals surface area contributed by atoms with Gasteiger partial charge in [-0.25, -0.2) is 17.6 Å². The van der Waals surface area contributed by atoms with Crippen LogP contribution >= 0.6 is 0 Å². The largest absolute Gasteiger partial charge is 0.243 e. The molecule has 0 aromatic heterocycles. The van der Waals surface area contributed by atoms with Gasteiger partial charge in [0, 0.05) is 24.0 Å². The van der Waals surface area contributed by atoms with Crippen molar-refractivity contribution in [2.75, 3.05) is 0 Å². The Balaban J connectivity index is 4.78. The van der Waals surface area contributed by atoms with Crippen molar-refractivity contribution < 1.29 is 17.6 Å². The maximum absolute atomic E-state index is 11.8. The third kappa shape index (κ3) is 4.46. The first kappa shape index (κ1) is 12.4. The van der Waals surface area contributed by atoms with Crippen molar-refractivity contribution in [3.63, 3.8) is 0 Å². The summed E-state index contributed by atoms with van der Waals surface area (Å²) in [4.78, 5) is 0. The van der Waals surface area contributed by atoms with Crippen LogP contribution in [0.5, 0.6) is 0 Å². The highest BCUT2D eigenvalue weighted by molar-refractivity contribution is 5.37. The number of nitrogens with zero attached hydrogens (tertiary/aromatic N) is 2. The standard InChI is InChI=1S/C8H6F4N2/c9-7(10)1-5(3-13)6(4-14)2-8(11)12/h7-8H,1-2H2. The Kier molecular flexibility index (Phi) is 5.31. The molecule has 0 rings (SSSR count). The highest BCUT2D eigenvalue weighted by Gasteiger charge is 2.15. The lowest BCUT2D eigenvalue weighted by Gasteiger charge is -2.01. The van der Waals surface area contributed by atoms with Gasteiger partial charge in [-0.05, 0) is 0 Å². The van der Waals surface area contributed by atoms with Crippen LogP contribution in [-0.2, 0) is 0 Å². The molecule has 0 aromatic rings. The van der Waals surface area contributed by atoms with Gasteiger partial charge in [-0.15, -0.1) is 0 Å². The van der Waals surface area contributed by atoms with Crippen LogP contribution in [0.4, 0.5) is 17.6 Å². The fourth-order valence-electron chi connectivity index (χ4n) is 0.781. The maximum Gasteiger partial charge on any atom is 0.243 e. The van der Waals surface area contributed by atoms with Gasteiger partial charge in [-0.1, -0.05) is 0 Å². The monoisotopic (exact) mass is 206 g/mol. The Hall–Kier alpha value is -1.56. The zero-order valence-electron chi connectivity index (χ0n) is 6.98. The Morgan fingerprint density at radius 3 is 1.29 bits per heavy atom. The number of hydrogen-bond acceptors (Lipinski definition) is 2. The molecule has 2 nitrogen and oxygen atoms in total. The Morgan fingerprint density at radius 1 is 0.857 bits per heavy atom. The molecule has 0 aromatic carbocycles. The normalized spacial score (nSPS) is 12.3. The first-order valence-electron chi connectivity index (χ1n) is 3.59. The zero-order chi connectivity index (χ0) is 11.1. The summed E-state index contributed by atoms with van der Waals surface area (Å²) in [7, 11) is 0. The lowest BCUT2D eigenvalue weighted by atomic mass is 10.1. The lowest BCUT2D eigenvalue weighted by molar-refractivity contribution is 0.144. The summed E-state index contributed by atoms with van der Waals surface area (Å²) < 4.78 is 47.3. The van der Waals surface area contributed by atoms with Gasteiger partial charge >= 0.3 is 0 Å². The van der Waals surface area contributed by atoms with Crippen LogP contribution in [-0.4, -0.2) is 12.9 Å². The van der Waals surface area contributed by atoms with E-state index in [0.29, 0.717) is 0 Å². The average molecular weight is 206 g/mol. The molecule has 14 heavy (non-hydrogen) atoms. The molecule has 76 valence electrons. The Morgan fingerprint density at radius 2 is 1.14 bits per heavy atom. The van der Waals surface area contributed by atoms with E-state index in [4.69, 9.17) is 10.5 Å². The van der Waals surface area contributed by atoms with E-state index in [1.54, 1.807) is 0 Å². The summed E-state index contributed by atoms with van der Waals surface area (Å²) >= 11 is 0. The first-order chi connectivity index (χ1) is 6.51. The Labute approximate surface area is 78.1 Å². The number of allylic oxidation sites excluding steroid dienone is 2. The summed E-state index contributed by atoms with van der Waals surface area (Å²) in [5.41, 5.74) is -1.13. The van der Waals surface area contributed by atoms with Gasteiger partial charge in [0.25, 0.3) is 0 Å². The number of halogens is 4. The molecule has 0 amide bonds. The third-order valence-corrected chi connectivity index (χ3v) is 1.35. The molecule has 0 saturated heterocycles. The van der Waals surface area contributed by atoms with E-state index >= 15 is 0 Å². The van der Waals surface area contributed by atoms with E-state index in [-0.39, 0.29) is 0 Å². The van der Waals surface area contributed by atoms with Gasteiger partial charge in [0.1, 0.15) is 0 Å². The number of nitriles is 2. The molecular weight excluding hydrogens is 200 g/mol. The minimum atomic E-state index is -2.81. The molecule has 0 heterocycles. The van der Waals surface area contributed by atoms with E-state index < -0.39 is 36.8 Å². The van der Waals surface area contributed by atoms with Crippen molar-refractivity contribution >= 4 is 0 Å². The lowest BCUT2D eigenvalue weighted by Crippen LogP contribution is -2.00. The quantitative estimate of drug-likeness (QED) is 0.524. The molecule has 0 aliphatic heterocycles. The SMILES string of the molecule is N#CC(CC(F)F)=C(C#N)CC(F)F. The van der Waals surface area contributed by atoms with Crippen LogP contribution in [0.3, 0.4) is 0 Å². The molecule has 0 fully saturated rings. The fourth-order valence-corrected chi connectivity index (χ4v) is 0.781. The molecule has 0 N–H and O–H groups in total. The highest BCUT2D eigenvalue weighted by atomic mass is 19.3. The van der Waals surface area contributed by atoms with Crippen molar-refractivity contribution in [2.45, 2.75) is 25.7 Å². The third-order valence-electron chi connectivity index (χ3n) is 1.35. The van der Waals surface area contributed by atoms with Crippen molar-refractivity contribution in [3.8, 4) is 12.1 Å². The maximum atomic E-state index is 11.8. The molecule has 0 bridgehead atoms. The van der Waals surface area contributed by atoms with E-state index in [1.165, 1.54) is 12.1 Å². The second kappa shape index (κ2) is 5.98. The smallest absolute Gasteiger partial charge is 0.210 e. The van der Waals surface area contributed by atoms with Gasteiger partial charge in [-0.2, -0.15) is 10.5 Å². The first-order valence-corrected chi connectivity index (χ1v) is 3.59. The highest BCUT2D eigenvalue weighted by Crippen LogP contribution is 2.18. The number of rotatable bonds is 4.